The fraction of sp³-hybridized carbons (Fsp3) is 0.917. The molecule has 1 heterocycles. The summed E-state index contributed by atoms with van der Waals surface area (Å²) in [5.41, 5.74) is 0. The average Bonchev–Trinajstić information content (AvgIpc) is 2.64. The number of nitrogens with zero attached hydrogens (tertiary/aromatic N) is 1. The van der Waals surface area contributed by atoms with E-state index in [0.717, 1.165) is 25.8 Å². The number of hydrogen-bond donors (Lipinski definition) is 0. The first kappa shape index (κ1) is 12.5. The molecule has 0 radical (unpaired) electrons. The molecule has 15 heavy (non-hydrogen) atoms. The van der Waals surface area contributed by atoms with Crippen molar-refractivity contribution >= 4 is 5.97 Å². The SMILES string of the molecule is CCCCCCOC(=O)[C@@H]1CCCN1C. The molecule has 1 fully saturated rings. The van der Waals surface area contributed by atoms with Crippen LogP contribution in [0, 0.1) is 0 Å². The van der Waals surface area contributed by atoms with Crippen LogP contribution in [0.5, 0.6) is 0 Å². The number of carbonyl (C=O) groups is 1. The van der Waals surface area contributed by atoms with Gasteiger partial charge in [0.25, 0.3) is 0 Å². The predicted molar refractivity (Wildman–Crippen MR) is 60.8 cm³/mol. The van der Waals surface area contributed by atoms with Crippen LogP contribution >= 0.6 is 0 Å². The number of esters is 1. The Labute approximate surface area is 92.8 Å². The van der Waals surface area contributed by atoms with Crippen molar-refractivity contribution in [3.8, 4) is 0 Å². The van der Waals surface area contributed by atoms with Gasteiger partial charge in [0, 0.05) is 0 Å². The first-order valence-corrected chi connectivity index (χ1v) is 6.12. The van der Waals surface area contributed by atoms with Gasteiger partial charge in [0.15, 0.2) is 0 Å². The highest BCUT2D eigenvalue weighted by molar-refractivity contribution is 5.76. The summed E-state index contributed by atoms with van der Waals surface area (Å²) in [5, 5.41) is 0. The van der Waals surface area contributed by atoms with E-state index in [1.165, 1.54) is 19.3 Å². The van der Waals surface area contributed by atoms with E-state index >= 15 is 0 Å². The van der Waals surface area contributed by atoms with Crippen LogP contribution in [-0.4, -0.2) is 37.1 Å². The van der Waals surface area contributed by atoms with E-state index in [0.29, 0.717) is 6.61 Å². The molecule has 0 aromatic rings. The molecule has 3 heteroatoms. The van der Waals surface area contributed by atoms with E-state index in [2.05, 4.69) is 11.8 Å². The lowest BCUT2D eigenvalue weighted by Gasteiger charge is -2.17. The molecule has 1 atom stereocenters. The summed E-state index contributed by atoms with van der Waals surface area (Å²) < 4.78 is 5.26. The van der Waals surface area contributed by atoms with Crippen LogP contribution < -0.4 is 0 Å². The van der Waals surface area contributed by atoms with Crippen molar-refractivity contribution < 1.29 is 9.53 Å². The Hall–Kier alpha value is -0.570. The maximum Gasteiger partial charge on any atom is 0.323 e. The number of ether oxygens (including phenoxy) is 1. The summed E-state index contributed by atoms with van der Waals surface area (Å²) in [6, 6.07) is 0.0242. The Morgan fingerprint density at radius 1 is 1.40 bits per heavy atom. The molecule has 0 aliphatic carbocycles. The van der Waals surface area contributed by atoms with Crippen LogP contribution in [0.2, 0.25) is 0 Å². The summed E-state index contributed by atoms with van der Waals surface area (Å²) >= 11 is 0. The fourth-order valence-electron chi connectivity index (χ4n) is 2.01. The van der Waals surface area contributed by atoms with Gasteiger partial charge in [-0.15, -0.1) is 0 Å². The fourth-order valence-corrected chi connectivity index (χ4v) is 2.01. The first-order valence-electron chi connectivity index (χ1n) is 6.12. The standard InChI is InChI=1S/C12H23NO2/c1-3-4-5-6-10-15-12(14)11-8-7-9-13(11)2/h11H,3-10H2,1-2H3/t11-/m0/s1. The van der Waals surface area contributed by atoms with Gasteiger partial charge < -0.3 is 4.74 Å². The Balaban J connectivity index is 2.08. The zero-order valence-electron chi connectivity index (χ0n) is 10.00. The zero-order valence-corrected chi connectivity index (χ0v) is 10.00. The van der Waals surface area contributed by atoms with Crippen molar-refractivity contribution in [3.63, 3.8) is 0 Å². The molecule has 0 aromatic heterocycles. The normalized spacial score (nSPS) is 21.9. The molecule has 0 N–H and O–H groups in total. The monoisotopic (exact) mass is 213 g/mol. The molecule has 0 amide bonds. The number of unbranched alkanes of at least 4 members (excludes halogenated alkanes) is 3. The quantitative estimate of drug-likeness (QED) is 0.500. The molecule has 1 saturated heterocycles. The van der Waals surface area contributed by atoms with E-state index in [9.17, 15) is 4.79 Å². The molecule has 88 valence electrons. The third kappa shape index (κ3) is 4.20. The van der Waals surface area contributed by atoms with Gasteiger partial charge in [-0.05, 0) is 32.9 Å². The molecule has 1 aliphatic rings. The van der Waals surface area contributed by atoms with Gasteiger partial charge in [0.2, 0.25) is 0 Å². The van der Waals surface area contributed by atoms with E-state index in [4.69, 9.17) is 4.74 Å². The van der Waals surface area contributed by atoms with Crippen molar-refractivity contribution in [2.24, 2.45) is 0 Å². The number of rotatable bonds is 6. The lowest BCUT2D eigenvalue weighted by atomic mass is 10.2. The van der Waals surface area contributed by atoms with Crippen molar-refractivity contribution in [2.75, 3.05) is 20.2 Å². The highest BCUT2D eigenvalue weighted by Crippen LogP contribution is 2.16. The molecular weight excluding hydrogens is 190 g/mol. The molecule has 0 unspecified atom stereocenters. The van der Waals surface area contributed by atoms with Gasteiger partial charge in [-0.25, -0.2) is 0 Å². The summed E-state index contributed by atoms with van der Waals surface area (Å²) in [4.78, 5) is 13.7. The highest BCUT2D eigenvalue weighted by Gasteiger charge is 2.28. The second kappa shape index (κ2) is 6.83. The average molecular weight is 213 g/mol. The van der Waals surface area contributed by atoms with Gasteiger partial charge in [-0.1, -0.05) is 26.2 Å². The Bertz CT molecular complexity index is 194. The second-order valence-electron chi connectivity index (χ2n) is 4.37. The van der Waals surface area contributed by atoms with Crippen molar-refractivity contribution in [2.45, 2.75) is 51.5 Å². The van der Waals surface area contributed by atoms with Crippen molar-refractivity contribution in [1.82, 2.24) is 4.90 Å². The number of hydrogen-bond acceptors (Lipinski definition) is 3. The number of likely N-dealkylation sites (tertiary alicyclic amines) is 1. The van der Waals surface area contributed by atoms with Gasteiger partial charge in [0.1, 0.15) is 6.04 Å². The van der Waals surface area contributed by atoms with Crippen LogP contribution in [0.4, 0.5) is 0 Å². The van der Waals surface area contributed by atoms with Gasteiger partial charge in [0.05, 0.1) is 6.61 Å². The summed E-state index contributed by atoms with van der Waals surface area (Å²) in [6.45, 7) is 3.80. The van der Waals surface area contributed by atoms with Crippen molar-refractivity contribution in [3.05, 3.63) is 0 Å². The van der Waals surface area contributed by atoms with Gasteiger partial charge in [-0.2, -0.15) is 0 Å². The molecule has 1 aliphatic heterocycles. The van der Waals surface area contributed by atoms with Crippen LogP contribution in [-0.2, 0) is 9.53 Å². The topological polar surface area (TPSA) is 29.5 Å². The largest absolute Gasteiger partial charge is 0.465 e. The lowest BCUT2D eigenvalue weighted by molar-refractivity contribution is -0.148. The maximum absolute atomic E-state index is 11.6. The Kier molecular flexibility index (Phi) is 5.69. The molecular formula is C12H23NO2. The third-order valence-electron chi connectivity index (χ3n) is 3.03. The lowest BCUT2D eigenvalue weighted by Crippen LogP contribution is -2.34. The summed E-state index contributed by atoms with van der Waals surface area (Å²) in [5.74, 6) is -0.0218. The smallest absolute Gasteiger partial charge is 0.323 e. The maximum atomic E-state index is 11.6. The first-order chi connectivity index (χ1) is 7.25. The summed E-state index contributed by atoms with van der Waals surface area (Å²) in [7, 11) is 2.00. The molecule has 0 spiro atoms. The van der Waals surface area contributed by atoms with Crippen LogP contribution in [0.25, 0.3) is 0 Å². The second-order valence-corrected chi connectivity index (χ2v) is 4.37. The minimum Gasteiger partial charge on any atom is -0.465 e. The van der Waals surface area contributed by atoms with Crippen LogP contribution in [0.3, 0.4) is 0 Å². The molecule has 0 saturated carbocycles. The van der Waals surface area contributed by atoms with E-state index in [1.807, 2.05) is 7.05 Å². The minimum absolute atomic E-state index is 0.0218. The van der Waals surface area contributed by atoms with E-state index in [-0.39, 0.29) is 12.0 Å². The zero-order chi connectivity index (χ0) is 11.1. The number of likely N-dealkylation sites (N-methyl/N-ethyl adjacent to an activating group) is 1. The molecule has 1 rings (SSSR count). The van der Waals surface area contributed by atoms with E-state index < -0.39 is 0 Å². The molecule has 3 nitrogen and oxygen atoms in total. The third-order valence-corrected chi connectivity index (χ3v) is 3.03. The Morgan fingerprint density at radius 3 is 2.80 bits per heavy atom. The highest BCUT2D eigenvalue weighted by atomic mass is 16.5. The van der Waals surface area contributed by atoms with Gasteiger partial charge in [-0.3, -0.25) is 9.69 Å². The van der Waals surface area contributed by atoms with Crippen LogP contribution in [0.1, 0.15) is 45.4 Å². The van der Waals surface area contributed by atoms with Crippen LogP contribution in [0.15, 0.2) is 0 Å². The molecule has 0 aromatic carbocycles. The number of carbonyl (C=O) groups excluding carboxylic acids is 1. The van der Waals surface area contributed by atoms with Crippen molar-refractivity contribution in [1.29, 1.82) is 0 Å². The minimum atomic E-state index is -0.0218. The predicted octanol–water partition coefficient (Wildman–Crippen LogP) is 2.20. The Morgan fingerprint density at radius 2 is 2.20 bits per heavy atom. The van der Waals surface area contributed by atoms with Gasteiger partial charge >= 0.3 is 5.97 Å². The summed E-state index contributed by atoms with van der Waals surface area (Å²) in [6.07, 6.45) is 6.72. The molecule has 0 bridgehead atoms. The van der Waals surface area contributed by atoms with E-state index in [1.54, 1.807) is 0 Å².